The number of nitrogens with two attached hydrogens (primary N) is 1. The van der Waals surface area contributed by atoms with Gasteiger partial charge in [-0.1, -0.05) is 16.8 Å². The van der Waals surface area contributed by atoms with E-state index < -0.39 is 0 Å². The molecule has 0 amide bonds. The first-order valence-electron chi connectivity index (χ1n) is 9.10. The summed E-state index contributed by atoms with van der Waals surface area (Å²) in [4.78, 5) is 8.98. The van der Waals surface area contributed by atoms with Crippen molar-refractivity contribution in [3.8, 4) is 11.5 Å². The van der Waals surface area contributed by atoms with Crippen molar-refractivity contribution in [2.75, 3.05) is 5.32 Å². The zero-order chi connectivity index (χ0) is 17.4. The average molecular weight is 362 g/mol. The number of anilines is 1. The van der Waals surface area contributed by atoms with Crippen LogP contribution in [0.1, 0.15) is 49.8 Å². The number of aromatic nitrogens is 3. The molecular weight excluding hydrogens is 338 g/mol. The van der Waals surface area contributed by atoms with Crippen molar-refractivity contribution in [3.63, 3.8) is 0 Å². The van der Waals surface area contributed by atoms with E-state index in [0.29, 0.717) is 34.5 Å². The van der Waals surface area contributed by atoms with Gasteiger partial charge < -0.3 is 15.6 Å². The van der Waals surface area contributed by atoms with Crippen molar-refractivity contribution in [3.05, 3.63) is 22.5 Å². The van der Waals surface area contributed by atoms with Crippen LogP contribution in [-0.2, 0) is 6.42 Å². The molecule has 0 unspecified atom stereocenters. The second-order valence-electron chi connectivity index (χ2n) is 7.37. The molecule has 2 aromatic heterocycles. The van der Waals surface area contributed by atoms with E-state index >= 15 is 0 Å². The maximum absolute atomic E-state index is 6.37. The number of halogens is 1. The highest BCUT2D eigenvalue weighted by Gasteiger charge is 2.28. The molecule has 6 nitrogen and oxygen atoms in total. The SMILES string of the molecule is Cc1noc(-c2nc(NC3CCC(N)CC3)ncc2Cl)c1CC1CC1. The van der Waals surface area contributed by atoms with Crippen LogP contribution in [0.2, 0.25) is 5.02 Å². The molecule has 2 saturated carbocycles. The fourth-order valence-corrected chi connectivity index (χ4v) is 3.64. The molecule has 0 radical (unpaired) electrons. The second-order valence-corrected chi connectivity index (χ2v) is 7.78. The average Bonchev–Trinajstić information content (AvgIpc) is 3.35. The Morgan fingerprint density at radius 3 is 2.72 bits per heavy atom. The highest BCUT2D eigenvalue weighted by molar-refractivity contribution is 6.32. The van der Waals surface area contributed by atoms with Crippen LogP contribution in [0.25, 0.3) is 11.5 Å². The summed E-state index contributed by atoms with van der Waals surface area (Å²) in [5, 5.41) is 8.05. The van der Waals surface area contributed by atoms with Crippen LogP contribution in [0.5, 0.6) is 0 Å². The van der Waals surface area contributed by atoms with Gasteiger partial charge in [-0.15, -0.1) is 0 Å². The largest absolute Gasteiger partial charge is 0.354 e. The Morgan fingerprint density at radius 2 is 2.00 bits per heavy atom. The molecule has 2 aliphatic carbocycles. The van der Waals surface area contributed by atoms with Gasteiger partial charge in [-0.05, 0) is 57.8 Å². The minimum Gasteiger partial charge on any atom is -0.354 e. The van der Waals surface area contributed by atoms with E-state index in [-0.39, 0.29) is 0 Å². The van der Waals surface area contributed by atoms with Crippen molar-refractivity contribution in [1.82, 2.24) is 15.1 Å². The molecule has 0 saturated heterocycles. The predicted molar refractivity (Wildman–Crippen MR) is 97.6 cm³/mol. The molecule has 7 heteroatoms. The lowest BCUT2D eigenvalue weighted by molar-refractivity contribution is 0.409. The fourth-order valence-electron chi connectivity index (χ4n) is 3.47. The highest BCUT2D eigenvalue weighted by Crippen LogP contribution is 2.38. The van der Waals surface area contributed by atoms with Crippen LogP contribution in [-0.4, -0.2) is 27.2 Å². The van der Waals surface area contributed by atoms with Crippen LogP contribution in [0.3, 0.4) is 0 Å². The molecular formula is C18H24ClN5O. The van der Waals surface area contributed by atoms with E-state index in [9.17, 15) is 0 Å². The first-order chi connectivity index (χ1) is 12.1. The van der Waals surface area contributed by atoms with E-state index in [1.807, 2.05) is 6.92 Å². The molecule has 2 fully saturated rings. The van der Waals surface area contributed by atoms with Crippen LogP contribution >= 0.6 is 11.6 Å². The Hall–Kier alpha value is -1.66. The van der Waals surface area contributed by atoms with Gasteiger partial charge in [0.05, 0.1) is 16.9 Å². The third-order valence-corrected chi connectivity index (χ3v) is 5.52. The molecule has 4 rings (SSSR count). The molecule has 0 aliphatic heterocycles. The van der Waals surface area contributed by atoms with Crippen LogP contribution in [0.15, 0.2) is 10.7 Å². The van der Waals surface area contributed by atoms with Gasteiger partial charge in [-0.3, -0.25) is 0 Å². The molecule has 3 N–H and O–H groups in total. The minimum absolute atomic E-state index is 0.321. The van der Waals surface area contributed by atoms with Crippen molar-refractivity contribution >= 4 is 17.5 Å². The maximum Gasteiger partial charge on any atom is 0.223 e. The standard InChI is InChI=1S/C18H24ClN5O/c1-10-14(8-11-2-3-11)17(25-24-10)16-15(19)9-21-18(23-16)22-13-6-4-12(20)5-7-13/h9,11-13H,2-8,20H2,1H3,(H,21,22,23). The quantitative estimate of drug-likeness (QED) is 0.843. The van der Waals surface area contributed by atoms with Crippen molar-refractivity contribution in [1.29, 1.82) is 0 Å². The van der Waals surface area contributed by atoms with Crippen LogP contribution in [0.4, 0.5) is 5.95 Å². The molecule has 0 bridgehead atoms. The van der Waals surface area contributed by atoms with E-state index in [1.54, 1.807) is 6.20 Å². The van der Waals surface area contributed by atoms with Gasteiger partial charge in [0.1, 0.15) is 5.69 Å². The number of hydrogen-bond donors (Lipinski definition) is 2. The van der Waals surface area contributed by atoms with Gasteiger partial charge in [-0.25, -0.2) is 9.97 Å². The number of hydrogen-bond acceptors (Lipinski definition) is 6. The summed E-state index contributed by atoms with van der Waals surface area (Å²) in [6.07, 6.45) is 9.31. The number of nitrogens with one attached hydrogen (secondary N) is 1. The van der Waals surface area contributed by atoms with E-state index in [1.165, 1.54) is 12.8 Å². The van der Waals surface area contributed by atoms with E-state index in [0.717, 1.165) is 49.3 Å². The van der Waals surface area contributed by atoms with E-state index in [2.05, 4.69) is 20.4 Å². The monoisotopic (exact) mass is 361 g/mol. The van der Waals surface area contributed by atoms with Gasteiger partial charge in [0.2, 0.25) is 5.95 Å². The summed E-state index contributed by atoms with van der Waals surface area (Å²) in [5.74, 6) is 2.01. The Labute approximate surface area is 152 Å². The van der Waals surface area contributed by atoms with Crippen molar-refractivity contribution in [2.45, 2.75) is 64.0 Å². The molecule has 25 heavy (non-hydrogen) atoms. The summed E-state index contributed by atoms with van der Waals surface area (Å²) < 4.78 is 5.58. The predicted octanol–water partition coefficient (Wildman–Crippen LogP) is 3.73. The maximum atomic E-state index is 6.37. The number of rotatable bonds is 5. The summed E-state index contributed by atoms with van der Waals surface area (Å²) in [6, 6.07) is 0.679. The third kappa shape index (κ3) is 3.80. The van der Waals surface area contributed by atoms with Gasteiger partial charge >= 0.3 is 0 Å². The first-order valence-corrected chi connectivity index (χ1v) is 9.48. The Kier molecular flexibility index (Phi) is 4.65. The number of aryl methyl sites for hydroxylation is 1. The number of nitrogens with zero attached hydrogens (tertiary/aromatic N) is 3. The Bertz CT molecular complexity index is 750. The molecule has 2 aromatic rings. The van der Waals surface area contributed by atoms with Crippen molar-refractivity contribution < 1.29 is 4.52 Å². The summed E-state index contributed by atoms with van der Waals surface area (Å²) in [6.45, 7) is 1.98. The molecule has 0 aromatic carbocycles. The second kappa shape index (κ2) is 6.92. The van der Waals surface area contributed by atoms with Gasteiger partial charge in [-0.2, -0.15) is 0 Å². The zero-order valence-electron chi connectivity index (χ0n) is 14.5. The third-order valence-electron chi connectivity index (χ3n) is 5.24. The Morgan fingerprint density at radius 1 is 1.24 bits per heavy atom. The Balaban J connectivity index is 1.57. The lowest BCUT2D eigenvalue weighted by Crippen LogP contribution is -2.33. The fraction of sp³-hybridized carbons (Fsp3) is 0.611. The van der Waals surface area contributed by atoms with Gasteiger partial charge in [0.15, 0.2) is 5.76 Å². The molecule has 0 spiro atoms. The molecule has 2 aliphatic rings. The van der Waals surface area contributed by atoms with Crippen LogP contribution in [0, 0.1) is 12.8 Å². The molecule has 134 valence electrons. The minimum atomic E-state index is 0.321. The lowest BCUT2D eigenvalue weighted by Gasteiger charge is -2.26. The summed E-state index contributed by atoms with van der Waals surface area (Å²) in [7, 11) is 0. The normalized spacial score (nSPS) is 23.6. The highest BCUT2D eigenvalue weighted by atomic mass is 35.5. The van der Waals surface area contributed by atoms with Crippen molar-refractivity contribution in [2.24, 2.45) is 11.7 Å². The zero-order valence-corrected chi connectivity index (χ0v) is 15.2. The van der Waals surface area contributed by atoms with E-state index in [4.69, 9.17) is 21.9 Å². The topological polar surface area (TPSA) is 89.9 Å². The summed E-state index contributed by atoms with van der Waals surface area (Å²) in [5.41, 5.74) is 8.65. The van der Waals surface area contributed by atoms with Gasteiger partial charge in [0.25, 0.3) is 0 Å². The molecule has 2 heterocycles. The van der Waals surface area contributed by atoms with Gasteiger partial charge in [0, 0.05) is 17.6 Å². The lowest BCUT2D eigenvalue weighted by atomic mass is 9.92. The van der Waals surface area contributed by atoms with Crippen LogP contribution < -0.4 is 11.1 Å². The smallest absolute Gasteiger partial charge is 0.223 e. The first kappa shape index (κ1) is 16.8. The molecule has 0 atom stereocenters. The summed E-state index contributed by atoms with van der Waals surface area (Å²) >= 11 is 6.37.